The first kappa shape index (κ1) is 9.40. The number of benzene rings is 1. The molecule has 4 heteroatoms. The van der Waals surface area contributed by atoms with Gasteiger partial charge in [-0.05, 0) is 40.6 Å². The smallest absolute Gasteiger partial charge is 0.339 e. The predicted molar refractivity (Wildman–Crippen MR) is 55.0 cm³/mol. The Labute approximate surface area is 88.9 Å². The summed E-state index contributed by atoms with van der Waals surface area (Å²) in [4.78, 5) is 14.7. The average Bonchev–Trinajstić information content (AvgIpc) is 2.47. The maximum absolute atomic E-state index is 10.7. The van der Waals surface area contributed by atoms with Crippen LogP contribution >= 0.6 is 15.9 Å². The van der Waals surface area contributed by atoms with E-state index in [0.717, 1.165) is 15.3 Å². The van der Waals surface area contributed by atoms with Crippen LogP contribution in [0, 0.1) is 13.0 Å². The third-order valence-corrected chi connectivity index (χ3v) is 2.59. The Morgan fingerprint density at radius 2 is 2.21 bits per heavy atom. The van der Waals surface area contributed by atoms with Crippen molar-refractivity contribution in [3.05, 3.63) is 38.8 Å². The molecule has 14 heavy (non-hydrogen) atoms. The van der Waals surface area contributed by atoms with Crippen LogP contribution in [0.4, 0.5) is 0 Å². The van der Waals surface area contributed by atoms with Gasteiger partial charge in [-0.3, -0.25) is 4.99 Å². The van der Waals surface area contributed by atoms with Crippen LogP contribution in [0.15, 0.2) is 21.6 Å². The highest BCUT2D eigenvalue weighted by atomic mass is 79.9. The van der Waals surface area contributed by atoms with Crippen molar-refractivity contribution in [2.45, 2.75) is 6.92 Å². The molecule has 0 unspecified atom stereocenters. The zero-order chi connectivity index (χ0) is 10.3. The zero-order valence-electron chi connectivity index (χ0n) is 7.41. The lowest BCUT2D eigenvalue weighted by Gasteiger charge is -1.93. The fraction of sp³-hybridized carbons (Fsp3) is 0.100. The molecule has 2 rings (SSSR count). The third-order valence-electron chi connectivity index (χ3n) is 1.98. The van der Waals surface area contributed by atoms with E-state index in [0.29, 0.717) is 5.36 Å². The van der Waals surface area contributed by atoms with E-state index >= 15 is 0 Å². The highest BCUT2D eigenvalue weighted by molar-refractivity contribution is 9.10. The van der Waals surface area contributed by atoms with E-state index in [4.69, 9.17) is 5.11 Å². The molecule has 71 valence electrons. The number of hydrogen-bond acceptors (Lipinski definition) is 2. The lowest BCUT2D eigenvalue weighted by molar-refractivity contribution is -0.134. The molecule has 1 aromatic carbocycles. The standard InChI is InChI=1S/C10H7BrNO2/c1-5-2-6-4-8(10(13)14)12-9(6)7(11)3-5/h2-4H,1H3,(H,13,14). The van der Waals surface area contributed by atoms with Crippen LogP contribution in [0.1, 0.15) is 5.56 Å². The molecule has 1 aliphatic heterocycles. The molecule has 0 fully saturated rings. The quantitative estimate of drug-likeness (QED) is 0.804. The molecule has 0 aromatic heterocycles. The lowest BCUT2D eigenvalue weighted by atomic mass is 10.2. The first-order valence-corrected chi connectivity index (χ1v) is 4.84. The number of halogens is 1. The third kappa shape index (κ3) is 1.46. The summed E-state index contributed by atoms with van der Waals surface area (Å²) < 4.78 is 0.833. The van der Waals surface area contributed by atoms with E-state index in [1.165, 1.54) is 0 Å². The van der Waals surface area contributed by atoms with Crippen molar-refractivity contribution in [3.63, 3.8) is 0 Å². The molecule has 0 bridgehead atoms. The maximum atomic E-state index is 10.7. The summed E-state index contributed by atoms with van der Waals surface area (Å²) in [5, 5.41) is 10.3. The van der Waals surface area contributed by atoms with Crippen LogP contribution in [0.5, 0.6) is 0 Å². The Kier molecular flexibility index (Phi) is 2.15. The fourth-order valence-electron chi connectivity index (χ4n) is 1.40. The molecular weight excluding hydrogens is 246 g/mol. The van der Waals surface area contributed by atoms with E-state index in [9.17, 15) is 4.79 Å². The van der Waals surface area contributed by atoms with Gasteiger partial charge >= 0.3 is 5.97 Å². The number of fused-ring (bicyclic) bond motifs is 1. The van der Waals surface area contributed by atoms with Crippen LogP contribution in [0.2, 0.25) is 0 Å². The number of aliphatic carboxylic acids is 1. The summed E-state index contributed by atoms with van der Waals surface area (Å²) >= 11 is 3.35. The number of hydrogen-bond donors (Lipinski definition) is 1. The van der Waals surface area contributed by atoms with Gasteiger partial charge in [0.15, 0.2) is 0 Å². The van der Waals surface area contributed by atoms with E-state index < -0.39 is 5.97 Å². The Morgan fingerprint density at radius 1 is 1.50 bits per heavy atom. The Bertz CT molecular complexity index is 522. The Balaban J connectivity index is 2.70. The van der Waals surface area contributed by atoms with Crippen molar-refractivity contribution >= 4 is 28.0 Å². The van der Waals surface area contributed by atoms with E-state index in [1.54, 1.807) is 6.08 Å². The fourth-order valence-corrected chi connectivity index (χ4v) is 2.08. The molecule has 1 aliphatic rings. The number of rotatable bonds is 1. The van der Waals surface area contributed by atoms with Crippen molar-refractivity contribution in [2.24, 2.45) is 4.99 Å². The molecular formula is C10H7BrNO2. The van der Waals surface area contributed by atoms with Crippen LogP contribution in [-0.2, 0) is 4.79 Å². The number of carboxylic acid groups (broad SMARTS) is 1. The molecule has 0 saturated heterocycles. The molecule has 0 amide bonds. The molecule has 1 N–H and O–H groups in total. The summed E-state index contributed by atoms with van der Waals surface area (Å²) in [5.41, 5.74) is 1.08. The summed E-state index contributed by atoms with van der Waals surface area (Å²) in [5.74, 6) is -0.995. The van der Waals surface area contributed by atoms with Crippen LogP contribution < -0.4 is 10.6 Å². The minimum Gasteiger partial charge on any atom is -0.479 e. The SMILES string of the molecule is Cc1cc(Br)c2c(c1)=C[C](C(=O)O)N=2. The van der Waals surface area contributed by atoms with Gasteiger partial charge in [0.05, 0.1) is 5.36 Å². The minimum atomic E-state index is -0.995. The van der Waals surface area contributed by atoms with Gasteiger partial charge in [0.1, 0.15) is 0 Å². The van der Waals surface area contributed by atoms with E-state index in [2.05, 4.69) is 20.9 Å². The highest BCUT2D eigenvalue weighted by Crippen LogP contribution is 2.10. The molecule has 3 nitrogen and oxygen atoms in total. The van der Waals surface area contributed by atoms with Crippen LogP contribution in [-0.4, -0.2) is 11.1 Å². The Morgan fingerprint density at radius 3 is 2.86 bits per heavy atom. The van der Waals surface area contributed by atoms with Crippen LogP contribution in [0.25, 0.3) is 6.08 Å². The molecule has 1 aromatic rings. The zero-order valence-corrected chi connectivity index (χ0v) is 9.00. The van der Waals surface area contributed by atoms with Gasteiger partial charge in [-0.25, -0.2) is 4.79 Å². The molecule has 1 radical (unpaired) electrons. The van der Waals surface area contributed by atoms with Crippen molar-refractivity contribution in [1.29, 1.82) is 0 Å². The topological polar surface area (TPSA) is 49.7 Å². The molecule has 0 aliphatic carbocycles. The van der Waals surface area contributed by atoms with Crippen molar-refractivity contribution in [1.82, 2.24) is 0 Å². The largest absolute Gasteiger partial charge is 0.479 e. The average molecular weight is 253 g/mol. The normalized spacial score (nSPS) is 14.4. The van der Waals surface area contributed by atoms with E-state index in [1.807, 2.05) is 19.1 Å². The Hall–Kier alpha value is -1.16. The van der Waals surface area contributed by atoms with Crippen molar-refractivity contribution in [3.8, 4) is 0 Å². The summed E-state index contributed by atoms with van der Waals surface area (Å²) in [6.45, 7) is 1.96. The van der Waals surface area contributed by atoms with E-state index in [-0.39, 0.29) is 6.04 Å². The molecule has 0 saturated carbocycles. The van der Waals surface area contributed by atoms with Gasteiger partial charge in [-0.1, -0.05) is 6.07 Å². The monoisotopic (exact) mass is 252 g/mol. The number of carbonyl (C=O) groups is 1. The second-order valence-electron chi connectivity index (χ2n) is 3.13. The highest BCUT2D eigenvalue weighted by Gasteiger charge is 2.19. The predicted octanol–water partition coefficient (Wildman–Crippen LogP) is 0.788. The number of carboxylic acids is 1. The second-order valence-corrected chi connectivity index (χ2v) is 3.99. The van der Waals surface area contributed by atoms with Gasteiger partial charge in [-0.15, -0.1) is 0 Å². The summed E-state index contributed by atoms with van der Waals surface area (Å²) in [6, 6.07) is 3.92. The first-order chi connectivity index (χ1) is 6.58. The minimum absolute atomic E-state index is 0.0892. The van der Waals surface area contributed by atoms with Gasteiger partial charge in [-0.2, -0.15) is 0 Å². The van der Waals surface area contributed by atoms with Gasteiger partial charge < -0.3 is 5.11 Å². The summed E-state index contributed by atoms with van der Waals surface area (Å²) in [6.07, 6.45) is 1.58. The molecule has 0 spiro atoms. The number of nitrogens with zero attached hydrogens (tertiary/aromatic N) is 1. The molecule has 1 heterocycles. The van der Waals surface area contributed by atoms with Gasteiger partial charge in [0.25, 0.3) is 0 Å². The van der Waals surface area contributed by atoms with Crippen molar-refractivity contribution < 1.29 is 9.90 Å². The summed E-state index contributed by atoms with van der Waals surface area (Å²) in [7, 11) is 0. The molecule has 0 atom stereocenters. The second kappa shape index (κ2) is 3.20. The lowest BCUT2D eigenvalue weighted by Crippen LogP contribution is -2.22. The van der Waals surface area contributed by atoms with Gasteiger partial charge in [0.2, 0.25) is 6.04 Å². The van der Waals surface area contributed by atoms with Crippen molar-refractivity contribution in [2.75, 3.05) is 0 Å². The van der Waals surface area contributed by atoms with Crippen LogP contribution in [0.3, 0.4) is 0 Å². The first-order valence-electron chi connectivity index (χ1n) is 4.05. The number of aryl methyl sites for hydroxylation is 1. The van der Waals surface area contributed by atoms with Gasteiger partial charge in [0, 0.05) is 9.69 Å². The maximum Gasteiger partial charge on any atom is 0.339 e.